The second-order valence-corrected chi connectivity index (χ2v) is 4.61. The maximum atomic E-state index is 13.2. The Morgan fingerprint density at radius 1 is 0.857 bits per heavy atom. The van der Waals surface area contributed by atoms with E-state index in [-0.39, 0.29) is 5.56 Å². The van der Waals surface area contributed by atoms with Crippen molar-refractivity contribution in [1.82, 2.24) is 0 Å². The molecule has 0 aliphatic rings. The molecule has 3 aromatic rings. The van der Waals surface area contributed by atoms with Gasteiger partial charge in [0, 0.05) is 16.6 Å². The van der Waals surface area contributed by atoms with Crippen LogP contribution in [0.1, 0.15) is 10.4 Å². The number of nitrogens with one attached hydrogen (secondary N) is 1. The van der Waals surface area contributed by atoms with Crippen LogP contribution in [0.3, 0.4) is 0 Å². The van der Waals surface area contributed by atoms with Crippen LogP contribution in [0.25, 0.3) is 10.8 Å². The molecule has 0 atom stereocenters. The van der Waals surface area contributed by atoms with Crippen LogP contribution in [-0.2, 0) is 0 Å². The topological polar surface area (TPSA) is 29.1 Å². The second kappa shape index (κ2) is 5.32. The minimum atomic E-state index is -1.04. The van der Waals surface area contributed by atoms with Crippen LogP contribution in [0.5, 0.6) is 0 Å². The fourth-order valence-corrected chi connectivity index (χ4v) is 2.17. The maximum Gasteiger partial charge on any atom is 0.255 e. The SMILES string of the molecule is O=C(Nc1cccc2ccccc12)c1ccc(F)c(F)c1. The Bertz CT molecular complexity index is 825. The average Bonchev–Trinajstić information content (AvgIpc) is 2.50. The van der Waals surface area contributed by atoms with Gasteiger partial charge in [-0.2, -0.15) is 0 Å². The number of carbonyl (C=O) groups excluding carboxylic acids is 1. The summed E-state index contributed by atoms with van der Waals surface area (Å²) in [5.74, 6) is -2.50. The highest BCUT2D eigenvalue weighted by atomic mass is 19.2. The molecule has 104 valence electrons. The van der Waals surface area contributed by atoms with Crippen molar-refractivity contribution in [2.45, 2.75) is 0 Å². The molecule has 4 heteroatoms. The van der Waals surface area contributed by atoms with Crippen molar-refractivity contribution in [3.05, 3.63) is 77.9 Å². The van der Waals surface area contributed by atoms with E-state index in [1.165, 1.54) is 6.07 Å². The highest BCUT2D eigenvalue weighted by molar-refractivity contribution is 6.09. The quantitative estimate of drug-likeness (QED) is 0.743. The number of carbonyl (C=O) groups is 1. The molecule has 0 spiro atoms. The van der Waals surface area contributed by atoms with Gasteiger partial charge >= 0.3 is 0 Å². The van der Waals surface area contributed by atoms with E-state index in [1.54, 1.807) is 6.07 Å². The molecule has 0 aromatic heterocycles. The van der Waals surface area contributed by atoms with Crippen LogP contribution in [0, 0.1) is 11.6 Å². The summed E-state index contributed by atoms with van der Waals surface area (Å²) >= 11 is 0. The molecule has 0 saturated heterocycles. The molecule has 0 aliphatic heterocycles. The maximum absolute atomic E-state index is 13.2. The number of fused-ring (bicyclic) bond motifs is 1. The molecule has 2 nitrogen and oxygen atoms in total. The van der Waals surface area contributed by atoms with Crippen LogP contribution < -0.4 is 5.32 Å². The third-order valence-electron chi connectivity index (χ3n) is 3.22. The molecule has 0 saturated carbocycles. The molecular weight excluding hydrogens is 272 g/mol. The molecule has 0 unspecified atom stereocenters. The Morgan fingerprint density at radius 2 is 1.62 bits per heavy atom. The first-order valence-electron chi connectivity index (χ1n) is 6.39. The van der Waals surface area contributed by atoms with Gasteiger partial charge in [-0.15, -0.1) is 0 Å². The van der Waals surface area contributed by atoms with Crippen LogP contribution in [-0.4, -0.2) is 5.91 Å². The van der Waals surface area contributed by atoms with Crippen molar-refractivity contribution in [2.75, 3.05) is 5.32 Å². The number of hydrogen-bond acceptors (Lipinski definition) is 1. The van der Waals surface area contributed by atoms with Gasteiger partial charge in [-0.3, -0.25) is 4.79 Å². The van der Waals surface area contributed by atoms with Crippen LogP contribution in [0.15, 0.2) is 60.7 Å². The van der Waals surface area contributed by atoms with Crippen molar-refractivity contribution < 1.29 is 13.6 Å². The fourth-order valence-electron chi connectivity index (χ4n) is 2.17. The van der Waals surface area contributed by atoms with Crippen molar-refractivity contribution in [2.24, 2.45) is 0 Å². The van der Waals surface area contributed by atoms with Gasteiger partial charge in [-0.1, -0.05) is 36.4 Å². The van der Waals surface area contributed by atoms with Gasteiger partial charge in [0.1, 0.15) is 0 Å². The summed E-state index contributed by atoms with van der Waals surface area (Å²) < 4.78 is 26.1. The lowest BCUT2D eigenvalue weighted by Gasteiger charge is -2.09. The van der Waals surface area contributed by atoms with E-state index in [0.717, 1.165) is 22.9 Å². The molecule has 3 rings (SSSR count). The molecule has 1 amide bonds. The lowest BCUT2D eigenvalue weighted by molar-refractivity contribution is 0.102. The Hall–Kier alpha value is -2.75. The van der Waals surface area contributed by atoms with Crippen molar-refractivity contribution in [3.8, 4) is 0 Å². The van der Waals surface area contributed by atoms with E-state index >= 15 is 0 Å². The van der Waals surface area contributed by atoms with Gasteiger partial charge in [0.25, 0.3) is 5.91 Å². The zero-order valence-corrected chi connectivity index (χ0v) is 10.9. The summed E-state index contributed by atoms with van der Waals surface area (Å²) in [7, 11) is 0. The minimum absolute atomic E-state index is 0.0711. The van der Waals surface area contributed by atoms with Crippen molar-refractivity contribution in [3.63, 3.8) is 0 Å². The first-order valence-corrected chi connectivity index (χ1v) is 6.39. The van der Waals surface area contributed by atoms with Gasteiger partial charge in [0.2, 0.25) is 0 Å². The highest BCUT2D eigenvalue weighted by Gasteiger charge is 2.11. The molecule has 0 fully saturated rings. The standard InChI is InChI=1S/C17H11F2NO/c18-14-9-8-12(10-15(14)19)17(21)20-16-7-3-5-11-4-1-2-6-13(11)16/h1-10H,(H,20,21). The molecular formula is C17H11F2NO. The first kappa shape index (κ1) is 13.2. The molecule has 3 aromatic carbocycles. The summed E-state index contributed by atoms with van der Waals surface area (Å²) in [6.07, 6.45) is 0. The smallest absolute Gasteiger partial charge is 0.255 e. The summed E-state index contributed by atoms with van der Waals surface area (Å²) in [5.41, 5.74) is 0.699. The highest BCUT2D eigenvalue weighted by Crippen LogP contribution is 2.23. The number of anilines is 1. The minimum Gasteiger partial charge on any atom is -0.321 e. The number of rotatable bonds is 2. The zero-order chi connectivity index (χ0) is 14.8. The molecule has 21 heavy (non-hydrogen) atoms. The van der Waals surface area contributed by atoms with E-state index < -0.39 is 17.5 Å². The molecule has 0 bridgehead atoms. The van der Waals surface area contributed by atoms with E-state index in [0.29, 0.717) is 5.69 Å². The van der Waals surface area contributed by atoms with Crippen LogP contribution >= 0.6 is 0 Å². The zero-order valence-electron chi connectivity index (χ0n) is 10.9. The summed E-state index contributed by atoms with van der Waals surface area (Å²) in [5, 5.41) is 4.59. The number of hydrogen-bond donors (Lipinski definition) is 1. The lowest BCUT2D eigenvalue weighted by atomic mass is 10.1. The third-order valence-corrected chi connectivity index (χ3v) is 3.22. The third kappa shape index (κ3) is 2.60. The van der Waals surface area contributed by atoms with E-state index in [2.05, 4.69) is 5.32 Å². The summed E-state index contributed by atoms with van der Waals surface area (Å²) in [6, 6.07) is 16.2. The van der Waals surface area contributed by atoms with Crippen LogP contribution in [0.4, 0.5) is 14.5 Å². The van der Waals surface area contributed by atoms with E-state index in [4.69, 9.17) is 0 Å². The number of amides is 1. The molecule has 0 heterocycles. The van der Waals surface area contributed by atoms with Gasteiger partial charge in [0.15, 0.2) is 11.6 Å². The second-order valence-electron chi connectivity index (χ2n) is 4.61. The van der Waals surface area contributed by atoms with Gasteiger partial charge in [-0.25, -0.2) is 8.78 Å². The average molecular weight is 283 g/mol. The summed E-state index contributed by atoms with van der Waals surface area (Å²) in [6.45, 7) is 0. The van der Waals surface area contributed by atoms with Crippen molar-refractivity contribution >= 4 is 22.4 Å². The fraction of sp³-hybridized carbons (Fsp3) is 0. The Balaban J connectivity index is 1.94. The van der Waals surface area contributed by atoms with E-state index in [1.807, 2.05) is 36.4 Å². The molecule has 1 N–H and O–H groups in total. The monoisotopic (exact) mass is 283 g/mol. The molecule has 0 aliphatic carbocycles. The first-order chi connectivity index (χ1) is 10.1. The normalized spacial score (nSPS) is 10.6. The Morgan fingerprint density at radius 3 is 2.43 bits per heavy atom. The predicted octanol–water partition coefficient (Wildman–Crippen LogP) is 4.37. The van der Waals surface area contributed by atoms with Crippen molar-refractivity contribution in [1.29, 1.82) is 0 Å². The number of halogens is 2. The Kier molecular flexibility index (Phi) is 3.36. The van der Waals surface area contributed by atoms with E-state index in [9.17, 15) is 13.6 Å². The number of benzene rings is 3. The van der Waals surface area contributed by atoms with Crippen LogP contribution in [0.2, 0.25) is 0 Å². The Labute approximate surface area is 120 Å². The lowest BCUT2D eigenvalue weighted by Crippen LogP contribution is -2.12. The molecule has 0 radical (unpaired) electrons. The van der Waals surface area contributed by atoms with Gasteiger partial charge < -0.3 is 5.32 Å². The largest absolute Gasteiger partial charge is 0.321 e. The van der Waals surface area contributed by atoms with Gasteiger partial charge in [-0.05, 0) is 29.7 Å². The predicted molar refractivity (Wildman–Crippen MR) is 78.3 cm³/mol. The van der Waals surface area contributed by atoms with Gasteiger partial charge in [0.05, 0.1) is 0 Å². The summed E-state index contributed by atoms with van der Waals surface area (Å²) in [4.78, 5) is 12.1.